The van der Waals surface area contributed by atoms with Gasteiger partial charge in [0.15, 0.2) is 0 Å². The first-order valence-corrected chi connectivity index (χ1v) is 8.17. The van der Waals surface area contributed by atoms with Crippen LogP contribution < -0.4 is 25.8 Å². The number of carbonyl (C=O) groups is 2. The van der Waals surface area contributed by atoms with Crippen LogP contribution in [0.15, 0.2) is 42.5 Å². The summed E-state index contributed by atoms with van der Waals surface area (Å²) in [4.78, 5) is 24.7. The largest absolute Gasteiger partial charge is 0.496 e. The monoisotopic (exact) mass is 393 g/mol. The zero-order valence-corrected chi connectivity index (χ0v) is 16.1. The molecular weight excluding hydrogens is 370 g/mol. The molecule has 0 aliphatic carbocycles. The number of carbonyl (C=O) groups excluding carboxylic acids is 2. The topological polar surface area (TPSA) is 103 Å². The third kappa shape index (κ3) is 5.87. The lowest BCUT2D eigenvalue weighted by Gasteiger charge is -2.14. The van der Waals surface area contributed by atoms with Crippen LogP contribution in [-0.4, -0.2) is 39.1 Å². The molecule has 0 fully saturated rings. The highest BCUT2D eigenvalue weighted by Crippen LogP contribution is 2.29. The summed E-state index contributed by atoms with van der Waals surface area (Å²) in [5.74, 6) is 0.551. The van der Waals surface area contributed by atoms with E-state index in [1.54, 1.807) is 42.5 Å². The quantitative estimate of drug-likeness (QED) is 0.636. The number of methoxy groups -OCH3 is 2. The van der Waals surface area contributed by atoms with Crippen molar-refractivity contribution in [1.82, 2.24) is 5.32 Å². The van der Waals surface area contributed by atoms with Crippen LogP contribution in [-0.2, 0) is 11.2 Å². The number of rotatable bonds is 8. The van der Waals surface area contributed by atoms with Gasteiger partial charge in [-0.1, -0.05) is 18.2 Å². The van der Waals surface area contributed by atoms with Crippen molar-refractivity contribution in [3.63, 3.8) is 0 Å². The number of amides is 2. The molecule has 0 aromatic heterocycles. The highest BCUT2D eigenvalue weighted by molar-refractivity contribution is 6.04. The Bertz CT molecular complexity index is 761. The molecule has 0 saturated carbocycles. The van der Waals surface area contributed by atoms with Crippen LogP contribution in [0.25, 0.3) is 0 Å². The van der Waals surface area contributed by atoms with Gasteiger partial charge in [-0.05, 0) is 24.3 Å². The van der Waals surface area contributed by atoms with E-state index in [0.29, 0.717) is 41.4 Å². The fourth-order valence-corrected chi connectivity index (χ4v) is 2.53. The molecule has 27 heavy (non-hydrogen) atoms. The SMILES string of the molecule is COc1cccc(OC)c1CC(=O)Nc1ccccc1C(=O)NCCN.Cl. The van der Waals surface area contributed by atoms with Crippen molar-refractivity contribution in [2.45, 2.75) is 6.42 Å². The van der Waals surface area contributed by atoms with E-state index in [0.717, 1.165) is 0 Å². The molecule has 0 saturated heterocycles. The third-order valence-corrected chi connectivity index (χ3v) is 3.74. The molecule has 4 N–H and O–H groups in total. The Kier molecular flexibility index (Phi) is 9.12. The van der Waals surface area contributed by atoms with Gasteiger partial charge in [0.25, 0.3) is 5.91 Å². The minimum Gasteiger partial charge on any atom is -0.496 e. The second-order valence-corrected chi connectivity index (χ2v) is 5.46. The smallest absolute Gasteiger partial charge is 0.253 e. The van der Waals surface area contributed by atoms with Crippen molar-refractivity contribution in [2.75, 3.05) is 32.6 Å². The van der Waals surface area contributed by atoms with E-state index >= 15 is 0 Å². The van der Waals surface area contributed by atoms with Crippen molar-refractivity contribution in [2.24, 2.45) is 5.73 Å². The summed E-state index contributed by atoms with van der Waals surface area (Å²) in [5, 5.41) is 5.47. The van der Waals surface area contributed by atoms with E-state index in [1.165, 1.54) is 14.2 Å². The Balaban J connectivity index is 0.00000364. The summed E-state index contributed by atoms with van der Waals surface area (Å²) in [5.41, 5.74) is 6.85. The van der Waals surface area contributed by atoms with Gasteiger partial charge in [0, 0.05) is 18.7 Å². The van der Waals surface area contributed by atoms with Crippen LogP contribution in [0.1, 0.15) is 15.9 Å². The number of halogens is 1. The van der Waals surface area contributed by atoms with Gasteiger partial charge in [0.05, 0.1) is 31.9 Å². The van der Waals surface area contributed by atoms with Gasteiger partial charge in [-0.2, -0.15) is 0 Å². The van der Waals surface area contributed by atoms with E-state index in [-0.39, 0.29) is 30.6 Å². The van der Waals surface area contributed by atoms with E-state index < -0.39 is 0 Å². The highest BCUT2D eigenvalue weighted by atomic mass is 35.5. The van der Waals surface area contributed by atoms with Crippen molar-refractivity contribution >= 4 is 29.9 Å². The van der Waals surface area contributed by atoms with Crippen LogP contribution >= 0.6 is 12.4 Å². The van der Waals surface area contributed by atoms with Gasteiger partial charge in [0.2, 0.25) is 5.91 Å². The Morgan fingerprint density at radius 3 is 2.22 bits per heavy atom. The lowest BCUT2D eigenvalue weighted by atomic mass is 10.1. The van der Waals surface area contributed by atoms with Crippen molar-refractivity contribution in [1.29, 1.82) is 0 Å². The minimum atomic E-state index is -0.291. The molecule has 2 aromatic carbocycles. The average molecular weight is 394 g/mol. The molecular formula is C19H24ClN3O4. The molecule has 2 amide bonds. The van der Waals surface area contributed by atoms with Gasteiger partial charge >= 0.3 is 0 Å². The van der Waals surface area contributed by atoms with Crippen molar-refractivity contribution < 1.29 is 19.1 Å². The summed E-state index contributed by atoms with van der Waals surface area (Å²) in [6, 6.07) is 12.1. The molecule has 0 heterocycles. The van der Waals surface area contributed by atoms with E-state index in [2.05, 4.69) is 10.6 Å². The molecule has 146 valence electrons. The molecule has 8 heteroatoms. The molecule has 2 aromatic rings. The molecule has 0 aliphatic heterocycles. The Hall–Kier alpha value is -2.77. The van der Waals surface area contributed by atoms with Crippen LogP contribution in [0.2, 0.25) is 0 Å². The minimum absolute atomic E-state index is 0. The summed E-state index contributed by atoms with van der Waals surface area (Å²) in [6.07, 6.45) is 0.0476. The van der Waals surface area contributed by atoms with E-state index in [9.17, 15) is 9.59 Å². The van der Waals surface area contributed by atoms with Gasteiger partial charge in [-0.15, -0.1) is 12.4 Å². The zero-order valence-electron chi connectivity index (χ0n) is 15.3. The molecule has 0 unspecified atom stereocenters. The number of hydrogen-bond acceptors (Lipinski definition) is 5. The molecule has 0 aliphatic rings. The summed E-state index contributed by atoms with van der Waals surface area (Å²) in [7, 11) is 3.07. The number of para-hydroxylation sites is 1. The second-order valence-electron chi connectivity index (χ2n) is 5.46. The number of ether oxygens (including phenoxy) is 2. The van der Waals surface area contributed by atoms with Gasteiger partial charge in [-0.3, -0.25) is 9.59 Å². The Morgan fingerprint density at radius 1 is 1.00 bits per heavy atom. The zero-order chi connectivity index (χ0) is 18.9. The van der Waals surface area contributed by atoms with Gasteiger partial charge in [-0.25, -0.2) is 0 Å². The number of hydrogen-bond donors (Lipinski definition) is 3. The van der Waals surface area contributed by atoms with Crippen LogP contribution in [0, 0.1) is 0 Å². The maximum atomic E-state index is 12.5. The fraction of sp³-hybridized carbons (Fsp3) is 0.263. The Morgan fingerprint density at radius 2 is 1.63 bits per heavy atom. The molecule has 7 nitrogen and oxygen atoms in total. The number of nitrogens with one attached hydrogen (secondary N) is 2. The molecule has 0 radical (unpaired) electrons. The second kappa shape index (κ2) is 11.1. The normalized spacial score (nSPS) is 9.74. The van der Waals surface area contributed by atoms with Gasteiger partial charge in [0.1, 0.15) is 11.5 Å². The maximum absolute atomic E-state index is 12.5. The lowest BCUT2D eigenvalue weighted by molar-refractivity contribution is -0.115. The number of benzene rings is 2. The van der Waals surface area contributed by atoms with Crippen LogP contribution in [0.5, 0.6) is 11.5 Å². The molecule has 0 bridgehead atoms. The highest BCUT2D eigenvalue weighted by Gasteiger charge is 2.17. The summed E-state index contributed by atoms with van der Waals surface area (Å²) in [6.45, 7) is 0.702. The standard InChI is InChI=1S/C19H23N3O4.ClH/c1-25-16-8-5-9-17(26-2)14(16)12-18(23)22-15-7-4-3-6-13(15)19(24)21-11-10-20;/h3-9H,10-12,20H2,1-2H3,(H,21,24)(H,22,23);1H. The Labute approximate surface area is 164 Å². The first-order valence-electron chi connectivity index (χ1n) is 8.17. The summed E-state index contributed by atoms with van der Waals surface area (Å²) >= 11 is 0. The molecule has 0 spiro atoms. The van der Waals surface area contributed by atoms with Crippen LogP contribution in [0.3, 0.4) is 0 Å². The predicted molar refractivity (Wildman–Crippen MR) is 107 cm³/mol. The maximum Gasteiger partial charge on any atom is 0.253 e. The van der Waals surface area contributed by atoms with Crippen molar-refractivity contribution in [3.8, 4) is 11.5 Å². The van der Waals surface area contributed by atoms with Crippen molar-refractivity contribution in [3.05, 3.63) is 53.6 Å². The first kappa shape index (κ1) is 22.3. The predicted octanol–water partition coefficient (Wildman–Crippen LogP) is 2.00. The fourth-order valence-electron chi connectivity index (χ4n) is 2.53. The third-order valence-electron chi connectivity index (χ3n) is 3.74. The van der Waals surface area contributed by atoms with E-state index in [1.807, 2.05) is 0 Å². The average Bonchev–Trinajstić information content (AvgIpc) is 2.66. The number of nitrogens with two attached hydrogens (primary N) is 1. The first-order chi connectivity index (χ1) is 12.6. The molecule has 0 atom stereocenters. The molecule has 2 rings (SSSR count). The van der Waals surface area contributed by atoms with E-state index in [4.69, 9.17) is 15.2 Å². The van der Waals surface area contributed by atoms with Gasteiger partial charge < -0.3 is 25.8 Å². The lowest BCUT2D eigenvalue weighted by Crippen LogP contribution is -2.30. The summed E-state index contributed by atoms with van der Waals surface area (Å²) < 4.78 is 10.6. The number of anilines is 1. The van der Waals surface area contributed by atoms with Crippen LogP contribution in [0.4, 0.5) is 5.69 Å².